The average molecular weight is 941 g/mol. The maximum Gasteiger partial charge on any atom is 0.164 e. The summed E-state index contributed by atoms with van der Waals surface area (Å²) in [6.07, 6.45) is 11.6. The lowest BCUT2D eigenvalue weighted by Crippen LogP contribution is -2.35. The first kappa shape index (κ1) is 53.5. The topological polar surface area (TPSA) is 102 Å². The van der Waals surface area contributed by atoms with Gasteiger partial charge in [-0.15, -0.1) is 0 Å². The van der Waals surface area contributed by atoms with Crippen LogP contribution in [0.4, 0.5) is 0 Å². The molecule has 6 rings (SSSR count). The highest BCUT2D eigenvalue weighted by Crippen LogP contribution is 2.48. The summed E-state index contributed by atoms with van der Waals surface area (Å²) in [6.45, 7) is 18.5. The molecule has 70 heavy (non-hydrogen) atoms. The molecule has 2 aliphatic carbocycles. The summed E-state index contributed by atoms with van der Waals surface area (Å²) >= 11 is 0. The van der Waals surface area contributed by atoms with Crippen LogP contribution in [0.15, 0.2) is 146 Å². The van der Waals surface area contributed by atoms with Crippen molar-refractivity contribution >= 4 is 34.7 Å². The van der Waals surface area contributed by atoms with Crippen LogP contribution in [-0.2, 0) is 20.8 Å². The lowest BCUT2D eigenvalue weighted by molar-refractivity contribution is -0.129. The molecule has 0 radical (unpaired) electrons. The van der Waals surface area contributed by atoms with E-state index in [0.29, 0.717) is 60.8 Å². The smallest absolute Gasteiger partial charge is 0.164 e. The monoisotopic (exact) mass is 941 g/mol. The van der Waals surface area contributed by atoms with Crippen LogP contribution in [0.5, 0.6) is 0 Å². The Hall–Kier alpha value is -5.88. The van der Waals surface area contributed by atoms with E-state index in [1.165, 1.54) is 12.5 Å². The van der Waals surface area contributed by atoms with Gasteiger partial charge in [0.05, 0.1) is 0 Å². The average Bonchev–Trinajstić information content (AvgIpc) is 3.81. The Bertz CT molecular complexity index is 2490. The largest absolute Gasteiger partial charge is 0.300 e. The van der Waals surface area contributed by atoms with Crippen LogP contribution in [0.2, 0.25) is 0 Å². The van der Waals surface area contributed by atoms with Gasteiger partial charge in [0, 0.05) is 66.0 Å². The first-order valence-corrected chi connectivity index (χ1v) is 26.2. The number of carbonyl (C=O) groups is 6. The fourth-order valence-electron chi connectivity index (χ4n) is 11.6. The molecule has 6 atom stereocenters. The summed E-state index contributed by atoms with van der Waals surface area (Å²) in [5.74, 6) is -1.42. The maximum atomic E-state index is 15.4. The molecule has 0 spiro atoms. The fourth-order valence-corrected chi connectivity index (χ4v) is 11.6. The number of benzene rings is 4. The molecule has 368 valence electrons. The molecule has 4 aromatic rings. The van der Waals surface area contributed by atoms with Gasteiger partial charge < -0.3 is 0 Å². The van der Waals surface area contributed by atoms with E-state index in [4.69, 9.17) is 0 Å². The second-order valence-corrected chi connectivity index (χ2v) is 20.7. The molecule has 2 saturated carbocycles. The molecule has 2 fully saturated rings. The quantitative estimate of drug-likeness (QED) is 0.0319. The van der Waals surface area contributed by atoms with Crippen molar-refractivity contribution in [3.05, 3.63) is 179 Å². The number of allylic oxidation sites excluding steroid dienone is 3. The second-order valence-electron chi connectivity index (χ2n) is 20.7. The summed E-state index contributed by atoms with van der Waals surface area (Å²) in [5.41, 5.74) is 7.06. The number of Topliss-reactive ketones (excluding diaryl/α,β-unsaturated/α-hetero) is 6. The predicted molar refractivity (Wildman–Crippen MR) is 283 cm³/mol. The first-order valence-electron chi connectivity index (χ1n) is 26.2. The molecule has 6 heteroatoms. The van der Waals surface area contributed by atoms with E-state index in [0.717, 1.165) is 80.1 Å². The van der Waals surface area contributed by atoms with Crippen molar-refractivity contribution in [1.29, 1.82) is 0 Å². The predicted octanol–water partition coefficient (Wildman–Crippen LogP) is 15.1. The van der Waals surface area contributed by atoms with Gasteiger partial charge in [-0.05, 0) is 124 Å². The van der Waals surface area contributed by atoms with Crippen molar-refractivity contribution in [2.45, 2.75) is 142 Å². The Morgan fingerprint density at radius 2 is 1.29 bits per heavy atom. The Morgan fingerprint density at radius 3 is 1.96 bits per heavy atom. The molecule has 6 nitrogen and oxygen atoms in total. The Labute approximate surface area is 418 Å². The second kappa shape index (κ2) is 26.4. The molecule has 0 heterocycles. The van der Waals surface area contributed by atoms with Crippen LogP contribution >= 0.6 is 0 Å². The molecule has 0 bridgehead atoms. The third-order valence-corrected chi connectivity index (χ3v) is 15.5. The number of rotatable bonds is 28. The van der Waals surface area contributed by atoms with Gasteiger partial charge in [0.2, 0.25) is 0 Å². The molecular formula is C64H76O6. The standard InChI is InChI=1S/C64H76O6/c1-7-21-53(63(69)44(4)34-35-54(66)41-57(43(2)3)50-26-13-9-14-27-50)36-45(5)58-39-49(25-20-33-61(67)52-30-19-24-48(38-52)37-47-22-11-8-12-23-47)40-60(58)64(70)59(51-28-15-10-16-29-51)42-62(68)56-32-18-17-31-55(56)46(6)65/h8-9,11-14,17-19,22-24,26-27,30-32,38,49,51,53,57-60H,2,4-5,7,10,15-16,20-21,25,28-29,33-37,39-42H2,1,3,6H3/t49-,53?,57-,58?,59?,60?/m1/s1. The van der Waals surface area contributed by atoms with Gasteiger partial charge in [0.15, 0.2) is 23.1 Å². The van der Waals surface area contributed by atoms with Gasteiger partial charge >= 0.3 is 0 Å². The van der Waals surface area contributed by atoms with E-state index in [-0.39, 0.29) is 89.5 Å². The molecule has 0 saturated heterocycles. The van der Waals surface area contributed by atoms with E-state index in [2.05, 4.69) is 44.9 Å². The van der Waals surface area contributed by atoms with Crippen molar-refractivity contribution in [1.82, 2.24) is 0 Å². The highest BCUT2D eigenvalue weighted by atomic mass is 16.1. The molecule has 0 aliphatic heterocycles. The van der Waals surface area contributed by atoms with E-state index in [9.17, 15) is 24.0 Å². The SMILES string of the molecule is C=C(CCC(=O)C[C@H](C(=C)C)c1ccccc1)C(=O)C(CCC)CC(=C)C1C[C@@H](CCCC(=O)c2cccc(Cc3ccccc3)c2)CC1C(=O)C(CC(=O)c1ccccc1C(C)=O)C1CCCCC1. The summed E-state index contributed by atoms with van der Waals surface area (Å²) in [7, 11) is 0. The number of hydrogen-bond acceptors (Lipinski definition) is 6. The van der Waals surface area contributed by atoms with E-state index < -0.39 is 5.92 Å². The molecule has 0 N–H and O–H groups in total. The molecule has 4 aromatic carbocycles. The zero-order valence-electron chi connectivity index (χ0n) is 42.2. The Balaban J connectivity index is 1.18. The minimum atomic E-state index is -0.492. The van der Waals surface area contributed by atoms with Crippen molar-refractivity contribution in [3.63, 3.8) is 0 Å². The highest BCUT2D eigenvalue weighted by molar-refractivity contribution is 6.09. The van der Waals surface area contributed by atoms with Crippen molar-refractivity contribution in [3.8, 4) is 0 Å². The molecule has 2 aliphatic rings. The van der Waals surface area contributed by atoms with Gasteiger partial charge in [-0.25, -0.2) is 0 Å². The van der Waals surface area contributed by atoms with Crippen LogP contribution in [0.1, 0.15) is 184 Å². The van der Waals surface area contributed by atoms with Crippen LogP contribution in [0, 0.1) is 35.5 Å². The number of ketones is 6. The summed E-state index contributed by atoms with van der Waals surface area (Å²) in [5, 5.41) is 0. The summed E-state index contributed by atoms with van der Waals surface area (Å²) in [4.78, 5) is 83.6. The lowest BCUT2D eigenvalue weighted by Gasteiger charge is -2.33. The van der Waals surface area contributed by atoms with Crippen LogP contribution in [0.3, 0.4) is 0 Å². The number of carbonyl (C=O) groups excluding carboxylic acids is 6. The van der Waals surface area contributed by atoms with Gasteiger partial charge in [-0.3, -0.25) is 28.8 Å². The zero-order chi connectivity index (χ0) is 50.2. The molecule has 0 amide bonds. The molecule has 0 aromatic heterocycles. The van der Waals surface area contributed by atoms with Crippen LogP contribution < -0.4 is 0 Å². The Kier molecular flexibility index (Phi) is 20.1. The third kappa shape index (κ3) is 14.8. The van der Waals surface area contributed by atoms with Crippen molar-refractivity contribution in [2.75, 3.05) is 0 Å². The normalized spacial score (nSPS) is 18.3. The number of hydrogen-bond donors (Lipinski definition) is 0. The van der Waals surface area contributed by atoms with Gasteiger partial charge in [-0.2, -0.15) is 0 Å². The highest BCUT2D eigenvalue weighted by Gasteiger charge is 2.45. The van der Waals surface area contributed by atoms with Gasteiger partial charge in [0.25, 0.3) is 0 Å². The minimum Gasteiger partial charge on any atom is -0.300 e. The molecular weight excluding hydrogens is 865 g/mol. The Morgan fingerprint density at radius 1 is 0.643 bits per heavy atom. The van der Waals surface area contributed by atoms with E-state index >= 15 is 4.79 Å². The third-order valence-electron chi connectivity index (χ3n) is 15.5. The zero-order valence-corrected chi connectivity index (χ0v) is 42.2. The van der Waals surface area contributed by atoms with Gasteiger partial charge in [-0.1, -0.05) is 167 Å². The summed E-state index contributed by atoms with van der Waals surface area (Å²) < 4.78 is 0. The van der Waals surface area contributed by atoms with Crippen LogP contribution in [0.25, 0.3) is 0 Å². The van der Waals surface area contributed by atoms with Gasteiger partial charge in [0.1, 0.15) is 11.6 Å². The molecule has 4 unspecified atom stereocenters. The summed E-state index contributed by atoms with van der Waals surface area (Å²) in [6, 6.07) is 35.0. The first-order chi connectivity index (χ1) is 33.7. The van der Waals surface area contributed by atoms with Crippen molar-refractivity contribution < 1.29 is 28.8 Å². The van der Waals surface area contributed by atoms with E-state index in [1.54, 1.807) is 24.3 Å². The minimum absolute atomic E-state index is 0.0473. The maximum absolute atomic E-state index is 15.4. The van der Waals surface area contributed by atoms with Crippen molar-refractivity contribution in [2.24, 2.45) is 35.5 Å². The van der Waals surface area contributed by atoms with Crippen LogP contribution in [-0.4, -0.2) is 34.7 Å². The lowest BCUT2D eigenvalue weighted by atomic mass is 9.70. The van der Waals surface area contributed by atoms with E-state index in [1.807, 2.05) is 73.7 Å². The fraction of sp³-hybridized carbons (Fsp3) is 0.438.